The Morgan fingerprint density at radius 1 is 1.25 bits per heavy atom. The molecule has 1 aromatic rings. The lowest BCUT2D eigenvalue weighted by Crippen LogP contribution is -2.38. The summed E-state index contributed by atoms with van der Waals surface area (Å²) in [6.07, 6.45) is 5.45. The topological polar surface area (TPSA) is 26.0 Å². The van der Waals surface area contributed by atoms with Crippen molar-refractivity contribution < 1.29 is 4.39 Å². The van der Waals surface area contributed by atoms with Crippen LogP contribution in [0.25, 0.3) is 0 Å². The van der Waals surface area contributed by atoms with E-state index in [1.807, 2.05) is 6.07 Å². The number of hydrogen-bond acceptors (Lipinski definition) is 1. The number of halogens is 2. The molecule has 16 heavy (non-hydrogen) atoms. The van der Waals surface area contributed by atoms with E-state index in [-0.39, 0.29) is 11.4 Å². The lowest BCUT2D eigenvalue weighted by Gasteiger charge is -2.34. The molecule has 0 aromatic heterocycles. The van der Waals surface area contributed by atoms with Crippen molar-refractivity contribution in [2.24, 2.45) is 5.73 Å². The molecule has 0 heterocycles. The highest BCUT2D eigenvalue weighted by Gasteiger charge is 2.30. The van der Waals surface area contributed by atoms with Crippen LogP contribution in [0.15, 0.2) is 16.6 Å². The lowest BCUT2D eigenvalue weighted by molar-refractivity contribution is 0.301. The molecule has 0 spiro atoms. The molecule has 1 aliphatic carbocycles. The van der Waals surface area contributed by atoms with Gasteiger partial charge in [-0.2, -0.15) is 0 Å². The standard InChI is InChI=1S/C13H17BrFN/c1-9-11(14)7-10(8-12(9)15)13(16)5-3-2-4-6-13/h7-8H,2-6,16H2,1H3. The van der Waals surface area contributed by atoms with Gasteiger partial charge >= 0.3 is 0 Å². The Hall–Kier alpha value is -0.410. The van der Waals surface area contributed by atoms with Gasteiger partial charge in [-0.15, -0.1) is 0 Å². The Balaban J connectivity index is 2.39. The summed E-state index contributed by atoms with van der Waals surface area (Å²) in [5.41, 5.74) is 7.64. The van der Waals surface area contributed by atoms with Gasteiger partial charge in [0.05, 0.1) is 0 Å². The molecule has 0 saturated heterocycles. The number of nitrogens with two attached hydrogens (primary N) is 1. The average Bonchev–Trinajstić information content (AvgIpc) is 2.26. The van der Waals surface area contributed by atoms with E-state index in [1.54, 1.807) is 13.0 Å². The van der Waals surface area contributed by atoms with Gasteiger partial charge in [0.2, 0.25) is 0 Å². The van der Waals surface area contributed by atoms with Crippen LogP contribution in [0.5, 0.6) is 0 Å². The minimum atomic E-state index is -0.324. The van der Waals surface area contributed by atoms with Crippen molar-refractivity contribution in [3.63, 3.8) is 0 Å². The van der Waals surface area contributed by atoms with E-state index in [2.05, 4.69) is 15.9 Å². The molecule has 3 heteroatoms. The van der Waals surface area contributed by atoms with Crippen molar-refractivity contribution in [1.82, 2.24) is 0 Å². The molecule has 1 aliphatic rings. The molecule has 1 nitrogen and oxygen atoms in total. The monoisotopic (exact) mass is 285 g/mol. The van der Waals surface area contributed by atoms with Gasteiger partial charge in [0.1, 0.15) is 5.82 Å². The molecule has 1 aromatic carbocycles. The van der Waals surface area contributed by atoms with Gasteiger partial charge < -0.3 is 5.73 Å². The molecule has 0 aliphatic heterocycles. The first kappa shape index (κ1) is 12.1. The Kier molecular flexibility index (Phi) is 3.36. The molecule has 2 rings (SSSR count). The zero-order chi connectivity index (χ0) is 11.8. The molecule has 88 valence electrons. The summed E-state index contributed by atoms with van der Waals surface area (Å²) in [6.45, 7) is 1.77. The van der Waals surface area contributed by atoms with Crippen molar-refractivity contribution in [1.29, 1.82) is 0 Å². The maximum atomic E-state index is 13.7. The van der Waals surface area contributed by atoms with Gasteiger partial charge in [-0.3, -0.25) is 0 Å². The van der Waals surface area contributed by atoms with Crippen LogP contribution in [0.2, 0.25) is 0 Å². The number of rotatable bonds is 1. The van der Waals surface area contributed by atoms with Crippen LogP contribution in [0, 0.1) is 12.7 Å². The van der Waals surface area contributed by atoms with E-state index in [4.69, 9.17) is 5.73 Å². The fourth-order valence-corrected chi connectivity index (χ4v) is 2.84. The average molecular weight is 286 g/mol. The van der Waals surface area contributed by atoms with Gasteiger partial charge in [-0.1, -0.05) is 35.2 Å². The summed E-state index contributed by atoms with van der Waals surface area (Å²) in [4.78, 5) is 0. The summed E-state index contributed by atoms with van der Waals surface area (Å²) in [7, 11) is 0. The maximum absolute atomic E-state index is 13.7. The third kappa shape index (κ3) is 2.16. The molecule has 0 bridgehead atoms. The van der Waals surface area contributed by atoms with Gasteiger partial charge in [-0.05, 0) is 43.0 Å². The lowest BCUT2D eigenvalue weighted by atomic mass is 9.77. The van der Waals surface area contributed by atoms with Crippen molar-refractivity contribution in [3.05, 3.63) is 33.5 Å². The normalized spacial score (nSPS) is 19.8. The van der Waals surface area contributed by atoms with Gasteiger partial charge in [0.25, 0.3) is 0 Å². The van der Waals surface area contributed by atoms with Crippen molar-refractivity contribution in [2.75, 3.05) is 0 Å². The molecule has 0 amide bonds. The number of benzene rings is 1. The highest BCUT2D eigenvalue weighted by molar-refractivity contribution is 9.10. The molecule has 1 saturated carbocycles. The highest BCUT2D eigenvalue weighted by Crippen LogP contribution is 2.36. The van der Waals surface area contributed by atoms with E-state index >= 15 is 0 Å². The smallest absolute Gasteiger partial charge is 0.127 e. The van der Waals surface area contributed by atoms with E-state index in [1.165, 1.54) is 6.42 Å². The zero-order valence-electron chi connectivity index (χ0n) is 9.52. The van der Waals surface area contributed by atoms with Crippen LogP contribution in [-0.4, -0.2) is 0 Å². The van der Waals surface area contributed by atoms with E-state index in [0.29, 0.717) is 5.56 Å². The predicted octanol–water partition coefficient (Wildman–Crippen LogP) is 4.01. The highest BCUT2D eigenvalue weighted by atomic mass is 79.9. The third-order valence-electron chi connectivity index (χ3n) is 3.60. The molecule has 1 fully saturated rings. The van der Waals surface area contributed by atoms with Crippen molar-refractivity contribution >= 4 is 15.9 Å². The Labute approximate surface area is 104 Å². The molecule has 0 unspecified atom stereocenters. The van der Waals surface area contributed by atoms with Crippen molar-refractivity contribution in [3.8, 4) is 0 Å². The summed E-state index contributed by atoms with van der Waals surface area (Å²) < 4.78 is 14.5. The van der Waals surface area contributed by atoms with Crippen LogP contribution in [0.3, 0.4) is 0 Å². The fraction of sp³-hybridized carbons (Fsp3) is 0.538. The minimum absolute atomic E-state index is 0.167. The van der Waals surface area contributed by atoms with Gasteiger partial charge in [0.15, 0.2) is 0 Å². The Morgan fingerprint density at radius 2 is 1.88 bits per heavy atom. The van der Waals surface area contributed by atoms with Crippen LogP contribution >= 0.6 is 15.9 Å². The summed E-state index contributed by atoms with van der Waals surface area (Å²) in [5.74, 6) is -0.167. The van der Waals surface area contributed by atoms with Gasteiger partial charge in [0, 0.05) is 10.0 Å². The van der Waals surface area contributed by atoms with Crippen LogP contribution < -0.4 is 5.73 Å². The minimum Gasteiger partial charge on any atom is -0.321 e. The Morgan fingerprint density at radius 3 is 2.44 bits per heavy atom. The summed E-state index contributed by atoms with van der Waals surface area (Å²) in [6, 6.07) is 3.58. The second kappa shape index (κ2) is 4.46. The first-order chi connectivity index (χ1) is 7.53. The molecule has 2 N–H and O–H groups in total. The second-order valence-electron chi connectivity index (χ2n) is 4.78. The van der Waals surface area contributed by atoms with E-state index in [9.17, 15) is 4.39 Å². The second-order valence-corrected chi connectivity index (χ2v) is 5.64. The largest absolute Gasteiger partial charge is 0.321 e. The first-order valence-electron chi connectivity index (χ1n) is 5.78. The van der Waals surface area contributed by atoms with Crippen molar-refractivity contribution in [2.45, 2.75) is 44.6 Å². The fourth-order valence-electron chi connectivity index (χ4n) is 2.40. The molecular formula is C13H17BrFN. The number of hydrogen-bond donors (Lipinski definition) is 1. The van der Waals surface area contributed by atoms with E-state index in [0.717, 1.165) is 35.7 Å². The molecule has 0 atom stereocenters. The maximum Gasteiger partial charge on any atom is 0.127 e. The Bertz CT molecular complexity index is 374. The summed E-state index contributed by atoms with van der Waals surface area (Å²) in [5, 5.41) is 0. The quantitative estimate of drug-likeness (QED) is 0.829. The zero-order valence-corrected chi connectivity index (χ0v) is 11.1. The van der Waals surface area contributed by atoms with Crippen LogP contribution in [0.4, 0.5) is 4.39 Å². The predicted molar refractivity (Wildman–Crippen MR) is 67.8 cm³/mol. The third-order valence-corrected chi connectivity index (χ3v) is 4.43. The van der Waals surface area contributed by atoms with Crippen LogP contribution in [-0.2, 0) is 5.54 Å². The first-order valence-corrected chi connectivity index (χ1v) is 6.57. The molecular weight excluding hydrogens is 269 g/mol. The summed E-state index contributed by atoms with van der Waals surface area (Å²) >= 11 is 3.39. The SMILES string of the molecule is Cc1c(F)cc(C2(N)CCCCC2)cc1Br. The van der Waals surface area contributed by atoms with Gasteiger partial charge in [-0.25, -0.2) is 4.39 Å². The van der Waals surface area contributed by atoms with Crippen LogP contribution in [0.1, 0.15) is 43.2 Å². The van der Waals surface area contributed by atoms with E-state index < -0.39 is 0 Å². The molecule has 0 radical (unpaired) electrons.